The van der Waals surface area contributed by atoms with Crippen molar-refractivity contribution in [2.45, 2.75) is 26.2 Å². The Bertz CT molecular complexity index is 632. The summed E-state index contributed by atoms with van der Waals surface area (Å²) in [7, 11) is 0. The molecule has 0 aliphatic heterocycles. The first-order valence-electron chi connectivity index (χ1n) is 6.58. The van der Waals surface area contributed by atoms with Gasteiger partial charge in [0.1, 0.15) is 0 Å². The fourth-order valence-electron chi connectivity index (χ4n) is 1.78. The lowest BCUT2D eigenvalue weighted by atomic mass is 10.2. The fraction of sp³-hybridized carbons (Fsp3) is 0.357. The van der Waals surface area contributed by atoms with E-state index in [9.17, 15) is 9.59 Å². The van der Waals surface area contributed by atoms with E-state index in [1.165, 1.54) is 12.1 Å². The number of carboxylic acid groups (broad SMARTS) is 1. The molecule has 2 aromatic heterocycles. The summed E-state index contributed by atoms with van der Waals surface area (Å²) in [5, 5.41) is 14.5. The van der Waals surface area contributed by atoms with Gasteiger partial charge in [0.25, 0.3) is 5.91 Å². The summed E-state index contributed by atoms with van der Waals surface area (Å²) < 4.78 is 4.92. The number of aromatic carboxylic acids is 1. The Balaban J connectivity index is 1.68. The van der Waals surface area contributed by atoms with Crippen molar-refractivity contribution in [1.82, 2.24) is 10.3 Å². The summed E-state index contributed by atoms with van der Waals surface area (Å²) >= 11 is 1.65. The molecular weight excluding hydrogens is 292 g/mol. The Morgan fingerprint density at radius 1 is 1.33 bits per heavy atom. The van der Waals surface area contributed by atoms with E-state index in [1.807, 2.05) is 12.3 Å². The number of furan rings is 1. The number of aryl methyl sites for hydroxylation is 2. The van der Waals surface area contributed by atoms with E-state index < -0.39 is 11.9 Å². The van der Waals surface area contributed by atoms with Crippen molar-refractivity contribution in [2.75, 3.05) is 6.54 Å². The number of carbonyl (C=O) groups is 2. The number of carboxylic acids is 1. The van der Waals surface area contributed by atoms with Crippen LogP contribution in [-0.2, 0) is 6.42 Å². The monoisotopic (exact) mass is 308 g/mol. The standard InChI is InChI=1S/C14H16N2O4S/c1-9-8-21-12(16-9)4-2-3-7-15-13(17)10-5-6-11(20-10)14(18)19/h5-6,8H,2-4,7H2,1H3,(H,15,17)(H,18,19). The number of nitrogens with zero attached hydrogens (tertiary/aromatic N) is 1. The minimum absolute atomic E-state index is 0.0166. The van der Waals surface area contributed by atoms with Gasteiger partial charge < -0.3 is 14.8 Å². The zero-order valence-electron chi connectivity index (χ0n) is 11.6. The third kappa shape index (κ3) is 4.42. The number of rotatable bonds is 7. The zero-order valence-corrected chi connectivity index (χ0v) is 12.4. The molecule has 0 radical (unpaired) electrons. The van der Waals surface area contributed by atoms with Crippen molar-refractivity contribution >= 4 is 23.2 Å². The highest BCUT2D eigenvalue weighted by molar-refractivity contribution is 7.09. The lowest BCUT2D eigenvalue weighted by molar-refractivity contribution is 0.0659. The smallest absolute Gasteiger partial charge is 0.371 e. The minimum Gasteiger partial charge on any atom is -0.475 e. The van der Waals surface area contributed by atoms with Crippen LogP contribution in [0.3, 0.4) is 0 Å². The Morgan fingerprint density at radius 3 is 2.71 bits per heavy atom. The highest BCUT2D eigenvalue weighted by atomic mass is 32.1. The average molecular weight is 308 g/mol. The van der Waals surface area contributed by atoms with Crippen LogP contribution in [0.15, 0.2) is 21.9 Å². The molecule has 0 fully saturated rings. The maximum Gasteiger partial charge on any atom is 0.371 e. The maximum atomic E-state index is 11.7. The van der Waals surface area contributed by atoms with Crippen LogP contribution in [0.5, 0.6) is 0 Å². The number of hydrogen-bond acceptors (Lipinski definition) is 5. The Morgan fingerprint density at radius 2 is 2.10 bits per heavy atom. The molecule has 2 rings (SSSR count). The normalized spacial score (nSPS) is 10.5. The summed E-state index contributed by atoms with van der Waals surface area (Å²) in [5.41, 5.74) is 1.04. The number of unbranched alkanes of at least 4 members (excludes halogenated alkanes) is 1. The minimum atomic E-state index is -1.19. The number of aromatic nitrogens is 1. The molecule has 0 atom stereocenters. The summed E-state index contributed by atoms with van der Waals surface area (Å²) in [6.45, 7) is 2.49. The van der Waals surface area contributed by atoms with Crippen LogP contribution >= 0.6 is 11.3 Å². The van der Waals surface area contributed by atoms with E-state index >= 15 is 0 Å². The predicted octanol–water partition coefficient (Wildman–Crippen LogP) is 2.50. The van der Waals surface area contributed by atoms with Gasteiger partial charge in [-0.25, -0.2) is 9.78 Å². The van der Waals surface area contributed by atoms with Gasteiger partial charge >= 0.3 is 5.97 Å². The molecule has 112 valence electrons. The number of thiazole rings is 1. The summed E-state index contributed by atoms with van der Waals surface area (Å²) in [6, 6.07) is 2.62. The van der Waals surface area contributed by atoms with Crippen LogP contribution in [0.4, 0.5) is 0 Å². The van der Waals surface area contributed by atoms with Crippen molar-refractivity contribution in [3.63, 3.8) is 0 Å². The van der Waals surface area contributed by atoms with Crippen molar-refractivity contribution < 1.29 is 19.1 Å². The lowest BCUT2D eigenvalue weighted by Crippen LogP contribution is -2.24. The van der Waals surface area contributed by atoms with Crippen LogP contribution in [0.1, 0.15) is 44.7 Å². The quantitative estimate of drug-likeness (QED) is 0.767. The van der Waals surface area contributed by atoms with E-state index in [-0.39, 0.29) is 11.5 Å². The van der Waals surface area contributed by atoms with Crippen molar-refractivity contribution in [3.8, 4) is 0 Å². The SMILES string of the molecule is Cc1csc(CCCCNC(=O)c2ccc(C(=O)O)o2)n1. The van der Waals surface area contributed by atoms with Crippen LogP contribution in [0.2, 0.25) is 0 Å². The summed E-state index contributed by atoms with van der Waals surface area (Å²) in [4.78, 5) is 26.7. The molecule has 2 heterocycles. The molecule has 0 aromatic carbocycles. The number of hydrogen-bond donors (Lipinski definition) is 2. The lowest BCUT2D eigenvalue weighted by Gasteiger charge is -2.02. The molecule has 0 unspecified atom stereocenters. The highest BCUT2D eigenvalue weighted by Gasteiger charge is 2.14. The first kappa shape index (κ1) is 15.2. The number of amides is 1. The van der Waals surface area contributed by atoms with Gasteiger partial charge in [-0.3, -0.25) is 4.79 Å². The second-order valence-electron chi connectivity index (χ2n) is 4.56. The summed E-state index contributed by atoms with van der Waals surface area (Å²) in [6.07, 6.45) is 2.67. The molecule has 0 saturated heterocycles. The van der Waals surface area contributed by atoms with Crippen LogP contribution in [0, 0.1) is 6.92 Å². The first-order chi connectivity index (χ1) is 10.1. The second-order valence-corrected chi connectivity index (χ2v) is 5.51. The van der Waals surface area contributed by atoms with E-state index in [1.54, 1.807) is 11.3 Å². The van der Waals surface area contributed by atoms with Crippen LogP contribution in [0.25, 0.3) is 0 Å². The second kappa shape index (κ2) is 7.03. The van der Waals surface area contributed by atoms with E-state index in [2.05, 4.69) is 10.3 Å². The van der Waals surface area contributed by atoms with E-state index in [4.69, 9.17) is 9.52 Å². The van der Waals surface area contributed by atoms with Gasteiger partial charge in [0.2, 0.25) is 5.76 Å². The largest absolute Gasteiger partial charge is 0.475 e. The molecular formula is C14H16N2O4S. The molecule has 7 heteroatoms. The van der Waals surface area contributed by atoms with E-state index in [0.29, 0.717) is 6.54 Å². The molecule has 1 amide bonds. The van der Waals surface area contributed by atoms with Gasteiger partial charge in [-0.1, -0.05) is 0 Å². The number of nitrogens with one attached hydrogen (secondary N) is 1. The third-order valence-corrected chi connectivity index (χ3v) is 3.84. The van der Waals surface area contributed by atoms with Gasteiger partial charge in [-0.05, 0) is 38.3 Å². The van der Waals surface area contributed by atoms with E-state index in [0.717, 1.165) is 30.0 Å². The molecule has 0 bridgehead atoms. The average Bonchev–Trinajstić information content (AvgIpc) is 3.07. The van der Waals surface area contributed by atoms with Gasteiger partial charge in [0.15, 0.2) is 5.76 Å². The summed E-state index contributed by atoms with van der Waals surface area (Å²) in [5.74, 6) is -1.80. The van der Waals surface area contributed by atoms with Gasteiger partial charge in [-0.2, -0.15) is 0 Å². The zero-order chi connectivity index (χ0) is 15.2. The van der Waals surface area contributed by atoms with Crippen molar-refractivity contribution in [1.29, 1.82) is 0 Å². The Kier molecular flexibility index (Phi) is 5.10. The molecule has 0 spiro atoms. The molecule has 0 saturated carbocycles. The van der Waals surface area contributed by atoms with Crippen molar-refractivity contribution in [2.24, 2.45) is 0 Å². The molecule has 0 aliphatic rings. The molecule has 2 N–H and O–H groups in total. The molecule has 2 aromatic rings. The molecule has 21 heavy (non-hydrogen) atoms. The number of carbonyl (C=O) groups excluding carboxylic acids is 1. The third-order valence-electron chi connectivity index (χ3n) is 2.81. The highest BCUT2D eigenvalue weighted by Crippen LogP contribution is 2.11. The topological polar surface area (TPSA) is 92.4 Å². The Labute approximate surface area is 125 Å². The first-order valence-corrected chi connectivity index (χ1v) is 7.46. The molecule has 6 nitrogen and oxygen atoms in total. The van der Waals surface area contributed by atoms with Crippen LogP contribution in [-0.4, -0.2) is 28.5 Å². The van der Waals surface area contributed by atoms with Crippen LogP contribution < -0.4 is 5.32 Å². The maximum absolute atomic E-state index is 11.7. The predicted molar refractivity (Wildman–Crippen MR) is 77.8 cm³/mol. The Hall–Kier alpha value is -2.15. The van der Waals surface area contributed by atoms with Crippen molar-refractivity contribution in [3.05, 3.63) is 39.7 Å². The van der Waals surface area contributed by atoms with Gasteiger partial charge in [0.05, 0.1) is 5.01 Å². The fourth-order valence-corrected chi connectivity index (χ4v) is 2.60. The van der Waals surface area contributed by atoms with Gasteiger partial charge in [-0.15, -0.1) is 11.3 Å². The van der Waals surface area contributed by atoms with Gasteiger partial charge in [0, 0.05) is 17.6 Å². The molecule has 0 aliphatic carbocycles.